The summed E-state index contributed by atoms with van der Waals surface area (Å²) < 4.78 is 5.66. The second-order valence-electron chi connectivity index (χ2n) is 5.27. The van der Waals surface area contributed by atoms with Crippen molar-refractivity contribution in [3.05, 3.63) is 29.8 Å². The Morgan fingerprint density at radius 2 is 1.42 bits per heavy atom. The van der Waals surface area contributed by atoms with E-state index < -0.39 is 0 Å². The van der Waals surface area contributed by atoms with Crippen molar-refractivity contribution in [2.75, 3.05) is 6.61 Å². The van der Waals surface area contributed by atoms with Crippen molar-refractivity contribution in [1.29, 1.82) is 0 Å². The molecule has 1 rings (SSSR count). The van der Waals surface area contributed by atoms with Crippen molar-refractivity contribution < 1.29 is 4.74 Å². The Balaban J connectivity index is 2.12. The maximum atomic E-state index is 5.66. The summed E-state index contributed by atoms with van der Waals surface area (Å²) in [5.74, 6) is 1.08. The largest absolute Gasteiger partial charge is 0.494 e. The highest BCUT2D eigenvalue weighted by Gasteiger charge is 2.01. The van der Waals surface area contributed by atoms with E-state index in [9.17, 15) is 0 Å². The van der Waals surface area contributed by atoms with Crippen molar-refractivity contribution in [2.24, 2.45) is 0 Å². The van der Waals surface area contributed by atoms with Crippen LogP contribution in [0.15, 0.2) is 24.3 Å². The molecule has 0 unspecified atom stereocenters. The molecule has 0 spiro atoms. The van der Waals surface area contributed by atoms with E-state index in [0.717, 1.165) is 18.8 Å². The Labute approximate surface area is 119 Å². The van der Waals surface area contributed by atoms with Gasteiger partial charge in [0.2, 0.25) is 0 Å². The van der Waals surface area contributed by atoms with Gasteiger partial charge in [0.25, 0.3) is 0 Å². The molecule has 0 atom stereocenters. The van der Waals surface area contributed by atoms with E-state index in [0.29, 0.717) is 0 Å². The van der Waals surface area contributed by atoms with Gasteiger partial charge in [-0.3, -0.25) is 0 Å². The first-order valence-electron chi connectivity index (χ1n) is 8.09. The molecular formula is C18H30O. The van der Waals surface area contributed by atoms with Crippen molar-refractivity contribution in [3.63, 3.8) is 0 Å². The van der Waals surface area contributed by atoms with Crippen LogP contribution in [0, 0.1) is 0 Å². The van der Waals surface area contributed by atoms with E-state index in [1.54, 1.807) is 0 Å². The Morgan fingerprint density at radius 3 is 2.11 bits per heavy atom. The molecule has 0 fully saturated rings. The van der Waals surface area contributed by atoms with Crippen LogP contribution >= 0.6 is 0 Å². The SMILES string of the molecule is CCCCCCCCCCc1ccccc1OCC. The summed E-state index contributed by atoms with van der Waals surface area (Å²) in [6, 6.07) is 8.46. The smallest absolute Gasteiger partial charge is 0.122 e. The number of rotatable bonds is 11. The summed E-state index contributed by atoms with van der Waals surface area (Å²) in [5, 5.41) is 0. The Morgan fingerprint density at radius 1 is 0.789 bits per heavy atom. The summed E-state index contributed by atoms with van der Waals surface area (Å²) in [7, 11) is 0. The van der Waals surface area contributed by atoms with Crippen LogP contribution in [-0.2, 0) is 6.42 Å². The summed E-state index contributed by atoms with van der Waals surface area (Å²) in [4.78, 5) is 0. The average molecular weight is 262 g/mol. The third-order valence-electron chi connectivity index (χ3n) is 3.57. The van der Waals surface area contributed by atoms with E-state index in [4.69, 9.17) is 4.74 Å². The van der Waals surface area contributed by atoms with E-state index in [2.05, 4.69) is 31.2 Å². The minimum Gasteiger partial charge on any atom is -0.494 e. The summed E-state index contributed by atoms with van der Waals surface area (Å²) in [6.45, 7) is 5.08. The highest BCUT2D eigenvalue weighted by molar-refractivity contribution is 5.33. The molecule has 0 radical (unpaired) electrons. The van der Waals surface area contributed by atoms with E-state index in [1.807, 2.05) is 6.92 Å². The van der Waals surface area contributed by atoms with E-state index >= 15 is 0 Å². The fraction of sp³-hybridized carbons (Fsp3) is 0.667. The lowest BCUT2D eigenvalue weighted by Crippen LogP contribution is -1.96. The number of aryl methyl sites for hydroxylation is 1. The second kappa shape index (κ2) is 10.9. The number of unbranched alkanes of at least 4 members (excludes halogenated alkanes) is 7. The van der Waals surface area contributed by atoms with Gasteiger partial charge in [-0.2, -0.15) is 0 Å². The maximum Gasteiger partial charge on any atom is 0.122 e. The average Bonchev–Trinajstić information content (AvgIpc) is 2.44. The summed E-state index contributed by atoms with van der Waals surface area (Å²) in [5.41, 5.74) is 1.37. The van der Waals surface area contributed by atoms with Gasteiger partial charge in [0, 0.05) is 0 Å². The fourth-order valence-corrected chi connectivity index (χ4v) is 2.46. The fourth-order valence-electron chi connectivity index (χ4n) is 2.46. The molecule has 0 N–H and O–H groups in total. The number of para-hydroxylation sites is 1. The number of ether oxygens (including phenoxy) is 1. The van der Waals surface area contributed by atoms with Crippen LogP contribution < -0.4 is 4.74 Å². The first-order valence-corrected chi connectivity index (χ1v) is 8.09. The van der Waals surface area contributed by atoms with Crippen LogP contribution in [0.4, 0.5) is 0 Å². The summed E-state index contributed by atoms with van der Waals surface area (Å²) in [6.07, 6.45) is 12.2. The molecule has 0 amide bonds. The molecule has 1 aromatic rings. The van der Waals surface area contributed by atoms with Gasteiger partial charge in [0.05, 0.1) is 6.61 Å². The molecule has 1 nitrogen and oxygen atoms in total. The van der Waals surface area contributed by atoms with Gasteiger partial charge in [-0.1, -0.05) is 70.1 Å². The zero-order valence-corrected chi connectivity index (χ0v) is 12.8. The zero-order valence-electron chi connectivity index (χ0n) is 12.8. The molecule has 0 heterocycles. The molecule has 0 bridgehead atoms. The van der Waals surface area contributed by atoms with Crippen molar-refractivity contribution in [2.45, 2.75) is 71.6 Å². The molecule has 19 heavy (non-hydrogen) atoms. The third kappa shape index (κ3) is 7.25. The Kier molecular flexibility index (Phi) is 9.22. The standard InChI is InChI=1S/C18H30O/c1-3-5-6-7-8-9-10-11-14-17-15-12-13-16-18(17)19-4-2/h12-13,15-16H,3-11,14H2,1-2H3. The molecular weight excluding hydrogens is 232 g/mol. The molecule has 0 aromatic heterocycles. The number of hydrogen-bond donors (Lipinski definition) is 0. The van der Waals surface area contributed by atoms with Gasteiger partial charge >= 0.3 is 0 Å². The first-order chi connectivity index (χ1) is 9.38. The normalized spacial score (nSPS) is 10.6. The van der Waals surface area contributed by atoms with E-state index in [-0.39, 0.29) is 0 Å². The quantitative estimate of drug-likeness (QED) is 0.460. The molecule has 1 aromatic carbocycles. The summed E-state index contributed by atoms with van der Waals surface area (Å²) >= 11 is 0. The zero-order chi connectivity index (χ0) is 13.8. The van der Waals surface area contributed by atoms with E-state index in [1.165, 1.54) is 56.9 Å². The number of hydrogen-bond acceptors (Lipinski definition) is 1. The molecule has 0 aliphatic carbocycles. The van der Waals surface area contributed by atoms with Gasteiger partial charge in [-0.25, -0.2) is 0 Å². The lowest BCUT2D eigenvalue weighted by molar-refractivity contribution is 0.336. The highest BCUT2D eigenvalue weighted by atomic mass is 16.5. The van der Waals surface area contributed by atoms with Crippen LogP contribution in [-0.4, -0.2) is 6.61 Å². The number of benzene rings is 1. The van der Waals surface area contributed by atoms with Crippen LogP contribution in [0.3, 0.4) is 0 Å². The molecule has 0 saturated heterocycles. The molecule has 1 heteroatoms. The van der Waals surface area contributed by atoms with Crippen molar-refractivity contribution in [3.8, 4) is 5.75 Å². The van der Waals surface area contributed by atoms with Crippen LogP contribution in [0.2, 0.25) is 0 Å². The van der Waals surface area contributed by atoms with Crippen LogP contribution in [0.1, 0.15) is 70.8 Å². The minimum absolute atomic E-state index is 0.758. The predicted octanol–water partition coefficient (Wildman–Crippen LogP) is 5.77. The van der Waals surface area contributed by atoms with Gasteiger partial charge in [0.15, 0.2) is 0 Å². The van der Waals surface area contributed by atoms with Gasteiger partial charge in [-0.05, 0) is 31.4 Å². The maximum absolute atomic E-state index is 5.66. The predicted molar refractivity (Wildman–Crippen MR) is 83.9 cm³/mol. The Bertz CT molecular complexity index is 319. The first kappa shape index (κ1) is 16.1. The van der Waals surface area contributed by atoms with Gasteiger partial charge in [-0.15, -0.1) is 0 Å². The molecule has 0 aliphatic heterocycles. The second-order valence-corrected chi connectivity index (χ2v) is 5.27. The minimum atomic E-state index is 0.758. The molecule has 0 aliphatic rings. The highest BCUT2D eigenvalue weighted by Crippen LogP contribution is 2.20. The molecule has 0 saturated carbocycles. The topological polar surface area (TPSA) is 9.23 Å². The monoisotopic (exact) mass is 262 g/mol. The van der Waals surface area contributed by atoms with Crippen molar-refractivity contribution in [1.82, 2.24) is 0 Å². The van der Waals surface area contributed by atoms with Gasteiger partial charge < -0.3 is 4.74 Å². The third-order valence-corrected chi connectivity index (χ3v) is 3.57. The molecule has 108 valence electrons. The van der Waals surface area contributed by atoms with Gasteiger partial charge in [0.1, 0.15) is 5.75 Å². The Hall–Kier alpha value is -0.980. The van der Waals surface area contributed by atoms with Crippen LogP contribution in [0.25, 0.3) is 0 Å². The van der Waals surface area contributed by atoms with Crippen molar-refractivity contribution >= 4 is 0 Å². The lowest BCUT2D eigenvalue weighted by Gasteiger charge is -2.09. The van der Waals surface area contributed by atoms with Crippen LogP contribution in [0.5, 0.6) is 5.75 Å². The lowest BCUT2D eigenvalue weighted by atomic mass is 10.0.